The fourth-order valence-corrected chi connectivity index (χ4v) is 1.87. The summed E-state index contributed by atoms with van der Waals surface area (Å²) in [5, 5.41) is 16.9. The van der Waals surface area contributed by atoms with Crippen LogP contribution < -0.4 is 10.4 Å². The van der Waals surface area contributed by atoms with Crippen LogP contribution in [0.3, 0.4) is 0 Å². The van der Waals surface area contributed by atoms with E-state index in [4.69, 9.17) is 5.41 Å². The van der Waals surface area contributed by atoms with Gasteiger partial charge in [0.25, 0.3) is 0 Å². The van der Waals surface area contributed by atoms with Crippen molar-refractivity contribution >= 4 is 5.69 Å². The van der Waals surface area contributed by atoms with Gasteiger partial charge in [-0.25, -0.2) is 0 Å². The van der Waals surface area contributed by atoms with Gasteiger partial charge in [0, 0.05) is 24.8 Å². The van der Waals surface area contributed by atoms with Gasteiger partial charge in [-0.05, 0) is 25.8 Å². The van der Waals surface area contributed by atoms with E-state index in [1.54, 1.807) is 13.0 Å². The fraction of sp³-hybridized carbons (Fsp3) is 0.500. The molecule has 0 aromatic carbocycles. The highest BCUT2D eigenvalue weighted by Gasteiger charge is 2.13. The second-order valence-corrected chi connectivity index (χ2v) is 3.75. The van der Waals surface area contributed by atoms with Gasteiger partial charge in [0.2, 0.25) is 0 Å². The van der Waals surface area contributed by atoms with Crippen LogP contribution in [-0.4, -0.2) is 23.0 Å². The number of hydrogen-bond acceptors (Lipinski definition) is 3. The van der Waals surface area contributed by atoms with Crippen molar-refractivity contribution in [3.63, 3.8) is 0 Å². The van der Waals surface area contributed by atoms with Gasteiger partial charge in [0.15, 0.2) is 5.49 Å². The van der Waals surface area contributed by atoms with Crippen molar-refractivity contribution in [3.05, 3.63) is 23.3 Å². The molecule has 1 fully saturated rings. The minimum absolute atomic E-state index is 0.145. The first-order valence-electron chi connectivity index (χ1n) is 4.91. The van der Waals surface area contributed by atoms with Gasteiger partial charge in [0.1, 0.15) is 0 Å². The molecule has 0 radical (unpaired) electrons. The van der Waals surface area contributed by atoms with Gasteiger partial charge in [-0.1, -0.05) is 0 Å². The molecule has 1 aliphatic heterocycles. The first-order chi connectivity index (χ1) is 6.68. The van der Waals surface area contributed by atoms with Gasteiger partial charge in [-0.2, -0.15) is 4.73 Å². The number of nitrogens with zero attached hydrogens (tertiary/aromatic N) is 2. The second-order valence-electron chi connectivity index (χ2n) is 3.75. The molecule has 2 N–H and O–H groups in total. The highest BCUT2D eigenvalue weighted by Crippen LogP contribution is 2.18. The molecular formula is C10H15N3O. The molecule has 1 saturated heterocycles. The van der Waals surface area contributed by atoms with Gasteiger partial charge in [-0.15, -0.1) is 0 Å². The molecule has 0 atom stereocenters. The zero-order chi connectivity index (χ0) is 10.1. The van der Waals surface area contributed by atoms with E-state index < -0.39 is 0 Å². The van der Waals surface area contributed by atoms with Crippen molar-refractivity contribution in [3.8, 4) is 0 Å². The van der Waals surface area contributed by atoms with Crippen LogP contribution in [0.2, 0.25) is 0 Å². The van der Waals surface area contributed by atoms with E-state index in [9.17, 15) is 5.21 Å². The lowest BCUT2D eigenvalue weighted by Gasteiger charge is -2.18. The number of anilines is 1. The van der Waals surface area contributed by atoms with Crippen molar-refractivity contribution in [2.24, 2.45) is 0 Å². The first-order valence-corrected chi connectivity index (χ1v) is 4.91. The molecule has 2 rings (SSSR count). The van der Waals surface area contributed by atoms with Gasteiger partial charge in [0.05, 0.1) is 5.69 Å². The summed E-state index contributed by atoms with van der Waals surface area (Å²) in [5.74, 6) is 0. The predicted molar refractivity (Wildman–Crippen MR) is 53.7 cm³/mol. The third kappa shape index (κ3) is 1.47. The summed E-state index contributed by atoms with van der Waals surface area (Å²) in [6, 6.07) is 3.63. The summed E-state index contributed by atoms with van der Waals surface area (Å²) in [5.41, 5.74) is 1.90. The van der Waals surface area contributed by atoms with Gasteiger partial charge < -0.3 is 10.1 Å². The van der Waals surface area contributed by atoms with E-state index in [0.29, 0.717) is 5.69 Å². The van der Waals surface area contributed by atoms with Crippen LogP contribution in [0.4, 0.5) is 5.69 Å². The van der Waals surface area contributed by atoms with Crippen LogP contribution in [0.15, 0.2) is 12.1 Å². The normalized spacial score (nSPS) is 16.2. The van der Waals surface area contributed by atoms with Gasteiger partial charge >= 0.3 is 0 Å². The van der Waals surface area contributed by atoms with Crippen LogP contribution in [0.1, 0.15) is 18.5 Å². The van der Waals surface area contributed by atoms with Crippen LogP contribution in [-0.2, 0) is 0 Å². The quantitative estimate of drug-likeness (QED) is 0.656. The van der Waals surface area contributed by atoms with Gasteiger partial charge in [-0.3, -0.25) is 5.41 Å². The standard InChI is InChI=1S/C10H15N3O/c1-8-6-9(7-10(11)13(8)14)12-4-2-3-5-12/h6-7,11,14H,2-5H2,1H3. The monoisotopic (exact) mass is 193 g/mol. The summed E-state index contributed by atoms with van der Waals surface area (Å²) in [7, 11) is 0. The van der Waals surface area contributed by atoms with Crippen LogP contribution >= 0.6 is 0 Å². The van der Waals surface area contributed by atoms with Crippen molar-refractivity contribution in [1.29, 1.82) is 5.41 Å². The Balaban J connectivity index is 2.39. The fourth-order valence-electron chi connectivity index (χ4n) is 1.87. The summed E-state index contributed by atoms with van der Waals surface area (Å²) in [4.78, 5) is 2.26. The molecular weight excluding hydrogens is 178 g/mol. The molecule has 2 heterocycles. The minimum Gasteiger partial charge on any atom is -0.427 e. The van der Waals surface area contributed by atoms with Crippen LogP contribution in [0.5, 0.6) is 0 Å². The Morgan fingerprint density at radius 1 is 1.29 bits per heavy atom. The van der Waals surface area contributed by atoms with Crippen molar-refractivity contribution in [2.75, 3.05) is 18.0 Å². The van der Waals surface area contributed by atoms with Crippen LogP contribution in [0, 0.1) is 12.3 Å². The van der Waals surface area contributed by atoms with E-state index in [2.05, 4.69) is 4.90 Å². The van der Waals surface area contributed by atoms with E-state index in [0.717, 1.165) is 23.5 Å². The second kappa shape index (κ2) is 3.36. The Hall–Kier alpha value is -1.45. The molecule has 4 heteroatoms. The smallest absolute Gasteiger partial charge is 0.162 e. The Labute approximate surface area is 82.9 Å². The average Bonchev–Trinajstić information content (AvgIpc) is 2.66. The van der Waals surface area contributed by atoms with E-state index >= 15 is 0 Å². The lowest BCUT2D eigenvalue weighted by Crippen LogP contribution is -2.24. The molecule has 14 heavy (non-hydrogen) atoms. The van der Waals surface area contributed by atoms with E-state index in [-0.39, 0.29) is 5.49 Å². The third-order valence-corrected chi connectivity index (χ3v) is 2.67. The summed E-state index contributed by atoms with van der Waals surface area (Å²) in [6.07, 6.45) is 2.45. The predicted octanol–water partition coefficient (Wildman–Crippen LogP) is 1.11. The third-order valence-electron chi connectivity index (χ3n) is 2.67. The molecule has 0 unspecified atom stereocenters. The largest absolute Gasteiger partial charge is 0.427 e. The SMILES string of the molecule is Cc1cc(N2CCCC2)cc(=N)n1O. The lowest BCUT2D eigenvalue weighted by atomic mass is 10.3. The molecule has 0 saturated carbocycles. The molecule has 1 aliphatic rings. The molecule has 0 spiro atoms. The topological polar surface area (TPSA) is 52.2 Å². The van der Waals surface area contributed by atoms with Crippen molar-refractivity contribution in [1.82, 2.24) is 4.73 Å². The minimum atomic E-state index is 0.145. The number of pyridine rings is 1. The average molecular weight is 193 g/mol. The zero-order valence-corrected chi connectivity index (χ0v) is 8.32. The van der Waals surface area contributed by atoms with E-state index in [1.807, 2.05) is 6.07 Å². The molecule has 0 amide bonds. The molecule has 4 nitrogen and oxygen atoms in total. The highest BCUT2D eigenvalue weighted by atomic mass is 16.5. The van der Waals surface area contributed by atoms with Crippen LogP contribution in [0.25, 0.3) is 0 Å². The summed E-state index contributed by atoms with van der Waals surface area (Å²) in [6.45, 7) is 3.93. The number of hydrogen-bond donors (Lipinski definition) is 2. The van der Waals surface area contributed by atoms with Crippen molar-refractivity contribution < 1.29 is 5.21 Å². The maximum absolute atomic E-state index is 9.38. The number of rotatable bonds is 1. The molecule has 1 aromatic rings. The van der Waals surface area contributed by atoms with Crippen molar-refractivity contribution in [2.45, 2.75) is 19.8 Å². The number of nitrogens with one attached hydrogen (secondary N) is 1. The Morgan fingerprint density at radius 2 is 1.93 bits per heavy atom. The zero-order valence-electron chi connectivity index (χ0n) is 8.32. The molecule has 0 aliphatic carbocycles. The Bertz CT molecular complexity index is 391. The molecule has 1 aromatic heterocycles. The first kappa shape index (κ1) is 9.12. The molecule has 0 bridgehead atoms. The maximum atomic E-state index is 9.38. The lowest BCUT2D eigenvalue weighted by molar-refractivity contribution is 0.164. The Morgan fingerprint density at radius 3 is 2.50 bits per heavy atom. The maximum Gasteiger partial charge on any atom is 0.162 e. The highest BCUT2D eigenvalue weighted by molar-refractivity contribution is 5.46. The molecule has 76 valence electrons. The summed E-state index contributed by atoms with van der Waals surface area (Å²) < 4.78 is 0.902. The number of aryl methyl sites for hydroxylation is 1. The number of aromatic nitrogens is 1. The summed E-state index contributed by atoms with van der Waals surface area (Å²) >= 11 is 0. The Kier molecular flexibility index (Phi) is 2.19. The van der Waals surface area contributed by atoms with E-state index in [1.165, 1.54) is 12.8 Å².